The van der Waals surface area contributed by atoms with Crippen molar-refractivity contribution in [2.75, 3.05) is 10.6 Å². The predicted molar refractivity (Wildman–Crippen MR) is 79.9 cm³/mol. The van der Waals surface area contributed by atoms with Gasteiger partial charge in [0.2, 0.25) is 5.95 Å². The molecule has 0 bridgehead atoms. The Bertz CT molecular complexity index is 529. The highest BCUT2D eigenvalue weighted by molar-refractivity contribution is 5.54. The number of hydrogen-bond acceptors (Lipinski definition) is 6. The van der Waals surface area contributed by atoms with Crippen molar-refractivity contribution in [1.82, 2.24) is 9.97 Å². The van der Waals surface area contributed by atoms with E-state index >= 15 is 0 Å². The Balaban J connectivity index is 1.67. The van der Waals surface area contributed by atoms with E-state index in [1.807, 2.05) is 0 Å². The average Bonchev–Trinajstić information content (AvgIpc) is 2.46. The van der Waals surface area contributed by atoms with E-state index in [1.165, 1.54) is 6.42 Å². The van der Waals surface area contributed by atoms with E-state index in [4.69, 9.17) is 5.26 Å². The molecule has 0 aromatic carbocycles. The van der Waals surface area contributed by atoms with Crippen molar-refractivity contribution in [3.05, 3.63) is 11.8 Å². The Morgan fingerprint density at radius 1 is 1.10 bits per heavy atom. The standard InChI is InChI=1S/C15H21N5O/c16-8-10-9-17-15(19-12-4-6-13(21)7-5-12)20-14(10)18-11-2-1-3-11/h9,11-13,21H,1-7H2,(H2,17,18,19,20). The van der Waals surface area contributed by atoms with Crippen molar-refractivity contribution in [1.29, 1.82) is 5.26 Å². The largest absolute Gasteiger partial charge is 0.393 e. The first-order valence-corrected chi connectivity index (χ1v) is 7.73. The Morgan fingerprint density at radius 2 is 1.81 bits per heavy atom. The van der Waals surface area contributed by atoms with Gasteiger partial charge in [0.05, 0.1) is 12.3 Å². The number of nitriles is 1. The van der Waals surface area contributed by atoms with Gasteiger partial charge in [-0.3, -0.25) is 0 Å². The number of anilines is 2. The molecule has 1 aromatic heterocycles. The fourth-order valence-electron chi connectivity index (χ4n) is 2.79. The van der Waals surface area contributed by atoms with Gasteiger partial charge >= 0.3 is 0 Å². The zero-order valence-corrected chi connectivity index (χ0v) is 12.0. The summed E-state index contributed by atoms with van der Waals surface area (Å²) in [7, 11) is 0. The topological polar surface area (TPSA) is 93.9 Å². The summed E-state index contributed by atoms with van der Waals surface area (Å²) in [5.74, 6) is 1.20. The van der Waals surface area contributed by atoms with Crippen LogP contribution in [0.25, 0.3) is 0 Å². The number of rotatable bonds is 4. The molecule has 0 amide bonds. The molecule has 3 N–H and O–H groups in total. The Kier molecular flexibility index (Phi) is 4.20. The number of aromatic nitrogens is 2. The predicted octanol–water partition coefficient (Wildman–Crippen LogP) is 2.03. The van der Waals surface area contributed by atoms with Gasteiger partial charge in [-0.05, 0) is 44.9 Å². The molecule has 21 heavy (non-hydrogen) atoms. The summed E-state index contributed by atoms with van der Waals surface area (Å²) < 4.78 is 0. The molecule has 6 heteroatoms. The number of aliphatic hydroxyl groups excluding tert-OH is 1. The minimum absolute atomic E-state index is 0.166. The molecule has 1 aromatic rings. The second-order valence-corrected chi connectivity index (χ2v) is 5.99. The van der Waals surface area contributed by atoms with E-state index in [0.717, 1.165) is 38.5 Å². The van der Waals surface area contributed by atoms with Crippen molar-refractivity contribution in [2.24, 2.45) is 0 Å². The molecule has 0 aliphatic heterocycles. The van der Waals surface area contributed by atoms with E-state index in [2.05, 4.69) is 26.7 Å². The SMILES string of the molecule is N#Cc1cnc(NC2CCC(O)CC2)nc1NC1CCC1. The fourth-order valence-corrected chi connectivity index (χ4v) is 2.79. The molecule has 2 aliphatic rings. The maximum Gasteiger partial charge on any atom is 0.224 e. The molecule has 0 atom stereocenters. The molecule has 112 valence electrons. The molecule has 0 unspecified atom stereocenters. The van der Waals surface area contributed by atoms with Crippen LogP contribution in [0.15, 0.2) is 6.20 Å². The van der Waals surface area contributed by atoms with Crippen LogP contribution < -0.4 is 10.6 Å². The molecule has 2 aliphatic carbocycles. The lowest BCUT2D eigenvalue weighted by Crippen LogP contribution is -2.30. The summed E-state index contributed by atoms with van der Waals surface area (Å²) in [5.41, 5.74) is 0.492. The Morgan fingerprint density at radius 3 is 2.43 bits per heavy atom. The second kappa shape index (κ2) is 6.27. The maximum atomic E-state index is 9.53. The molecular formula is C15H21N5O. The molecule has 0 spiro atoms. The third-order valence-electron chi connectivity index (χ3n) is 4.39. The Labute approximate surface area is 124 Å². The summed E-state index contributed by atoms with van der Waals surface area (Å²) in [4.78, 5) is 8.69. The van der Waals surface area contributed by atoms with Crippen molar-refractivity contribution >= 4 is 11.8 Å². The van der Waals surface area contributed by atoms with Gasteiger partial charge in [-0.1, -0.05) is 0 Å². The zero-order chi connectivity index (χ0) is 14.7. The summed E-state index contributed by atoms with van der Waals surface area (Å²) in [5, 5.41) is 25.3. The third-order valence-corrected chi connectivity index (χ3v) is 4.39. The average molecular weight is 287 g/mol. The van der Waals surface area contributed by atoms with Crippen molar-refractivity contribution in [3.63, 3.8) is 0 Å². The van der Waals surface area contributed by atoms with E-state index in [1.54, 1.807) is 6.20 Å². The highest BCUT2D eigenvalue weighted by Gasteiger charge is 2.22. The molecule has 1 heterocycles. The van der Waals surface area contributed by atoms with Crippen LogP contribution in [0, 0.1) is 11.3 Å². The van der Waals surface area contributed by atoms with E-state index in [9.17, 15) is 5.11 Å². The van der Waals surface area contributed by atoms with Crippen LogP contribution in [-0.2, 0) is 0 Å². The van der Waals surface area contributed by atoms with Gasteiger partial charge in [-0.15, -0.1) is 0 Å². The third kappa shape index (κ3) is 3.42. The van der Waals surface area contributed by atoms with Gasteiger partial charge in [0.1, 0.15) is 17.5 Å². The zero-order valence-electron chi connectivity index (χ0n) is 12.0. The summed E-state index contributed by atoms with van der Waals surface area (Å²) in [6, 6.07) is 2.88. The van der Waals surface area contributed by atoms with Gasteiger partial charge in [0.25, 0.3) is 0 Å². The molecule has 2 saturated carbocycles. The smallest absolute Gasteiger partial charge is 0.224 e. The van der Waals surface area contributed by atoms with E-state index < -0.39 is 0 Å². The number of aliphatic hydroxyl groups is 1. The maximum absolute atomic E-state index is 9.53. The summed E-state index contributed by atoms with van der Waals surface area (Å²) >= 11 is 0. The summed E-state index contributed by atoms with van der Waals surface area (Å²) in [6.45, 7) is 0. The minimum Gasteiger partial charge on any atom is -0.393 e. The molecule has 2 fully saturated rings. The van der Waals surface area contributed by atoms with Gasteiger partial charge < -0.3 is 15.7 Å². The highest BCUT2D eigenvalue weighted by atomic mass is 16.3. The van der Waals surface area contributed by atoms with E-state index in [-0.39, 0.29) is 6.10 Å². The van der Waals surface area contributed by atoms with Crippen LogP contribution >= 0.6 is 0 Å². The minimum atomic E-state index is -0.166. The van der Waals surface area contributed by atoms with Gasteiger partial charge in [-0.2, -0.15) is 10.2 Å². The van der Waals surface area contributed by atoms with Crippen LogP contribution in [0.1, 0.15) is 50.5 Å². The van der Waals surface area contributed by atoms with E-state index in [0.29, 0.717) is 29.4 Å². The number of nitrogens with zero attached hydrogens (tertiary/aromatic N) is 3. The van der Waals surface area contributed by atoms with Crippen molar-refractivity contribution in [2.45, 2.75) is 63.1 Å². The quantitative estimate of drug-likeness (QED) is 0.784. The Hall–Kier alpha value is -1.87. The van der Waals surface area contributed by atoms with Crippen LogP contribution in [-0.4, -0.2) is 33.3 Å². The first kappa shape index (κ1) is 14.1. The van der Waals surface area contributed by atoms with Crippen molar-refractivity contribution < 1.29 is 5.11 Å². The van der Waals surface area contributed by atoms with Crippen LogP contribution in [0.5, 0.6) is 0 Å². The van der Waals surface area contributed by atoms with Crippen LogP contribution in [0.2, 0.25) is 0 Å². The second-order valence-electron chi connectivity index (χ2n) is 5.99. The molecule has 0 radical (unpaired) electrons. The normalized spacial score (nSPS) is 25.7. The number of hydrogen-bond donors (Lipinski definition) is 3. The lowest BCUT2D eigenvalue weighted by Gasteiger charge is -2.28. The number of nitrogens with one attached hydrogen (secondary N) is 2. The molecule has 0 saturated heterocycles. The van der Waals surface area contributed by atoms with Gasteiger partial charge in [-0.25, -0.2) is 4.98 Å². The summed E-state index contributed by atoms with van der Waals surface area (Å²) in [6.07, 6.45) is 8.42. The first-order valence-electron chi connectivity index (χ1n) is 7.73. The van der Waals surface area contributed by atoms with Gasteiger partial charge in [0.15, 0.2) is 0 Å². The monoisotopic (exact) mass is 287 g/mol. The van der Waals surface area contributed by atoms with Crippen LogP contribution in [0.3, 0.4) is 0 Å². The van der Waals surface area contributed by atoms with Crippen LogP contribution in [0.4, 0.5) is 11.8 Å². The fraction of sp³-hybridized carbons (Fsp3) is 0.667. The first-order chi connectivity index (χ1) is 10.2. The highest BCUT2D eigenvalue weighted by Crippen LogP contribution is 2.25. The lowest BCUT2D eigenvalue weighted by atomic mass is 9.93. The molecule has 3 rings (SSSR count). The van der Waals surface area contributed by atoms with Gasteiger partial charge in [0, 0.05) is 12.1 Å². The lowest BCUT2D eigenvalue weighted by molar-refractivity contribution is 0.126. The van der Waals surface area contributed by atoms with Crippen molar-refractivity contribution in [3.8, 4) is 6.07 Å². The molecular weight excluding hydrogens is 266 g/mol. The molecule has 6 nitrogen and oxygen atoms in total.